The normalized spacial score (nSPS) is 12.0. The molecule has 2 heteroatoms. The first-order valence-electron chi connectivity index (χ1n) is 14.9. The Labute approximate surface area is 256 Å². The molecule has 0 spiro atoms. The van der Waals surface area contributed by atoms with Crippen molar-refractivity contribution in [2.24, 2.45) is 0 Å². The number of hydrogen-bond acceptors (Lipinski definition) is 2. The van der Waals surface area contributed by atoms with Crippen LogP contribution in [0.1, 0.15) is 25.0 Å². The second kappa shape index (κ2) is 10.1. The van der Waals surface area contributed by atoms with E-state index in [4.69, 9.17) is 0 Å². The predicted molar refractivity (Wildman–Crippen MR) is 188 cm³/mol. The molecule has 0 saturated carbocycles. The molecular formula is C41H31NS. The van der Waals surface area contributed by atoms with Gasteiger partial charge in [0.15, 0.2) is 0 Å². The highest BCUT2D eigenvalue weighted by molar-refractivity contribution is 7.26. The quantitative estimate of drug-likeness (QED) is 0.186. The molecule has 0 atom stereocenters. The van der Waals surface area contributed by atoms with Gasteiger partial charge in [-0.15, -0.1) is 11.3 Å². The van der Waals surface area contributed by atoms with E-state index in [1.165, 1.54) is 52.8 Å². The van der Waals surface area contributed by atoms with Crippen LogP contribution in [-0.4, -0.2) is 0 Å². The van der Waals surface area contributed by atoms with Crippen LogP contribution < -0.4 is 4.90 Å². The van der Waals surface area contributed by atoms with Crippen LogP contribution in [0.4, 0.5) is 17.1 Å². The largest absolute Gasteiger partial charge is 0.310 e. The molecule has 0 N–H and O–H groups in total. The Morgan fingerprint density at radius 2 is 1.07 bits per heavy atom. The molecule has 0 amide bonds. The zero-order chi connectivity index (χ0) is 29.0. The van der Waals surface area contributed by atoms with Gasteiger partial charge < -0.3 is 4.90 Å². The van der Waals surface area contributed by atoms with Gasteiger partial charge in [0, 0.05) is 48.0 Å². The molecule has 0 aliphatic heterocycles. The Balaban J connectivity index is 1.28. The highest BCUT2D eigenvalue weighted by Crippen LogP contribution is 2.44. The van der Waals surface area contributed by atoms with Gasteiger partial charge in [-0.2, -0.15) is 0 Å². The van der Waals surface area contributed by atoms with Gasteiger partial charge in [-0.3, -0.25) is 0 Å². The average Bonchev–Trinajstić information content (AvgIpc) is 3.44. The van der Waals surface area contributed by atoms with Crippen LogP contribution in [0.3, 0.4) is 0 Å². The number of benzene rings is 7. The van der Waals surface area contributed by atoms with Gasteiger partial charge in [-0.1, -0.05) is 123 Å². The molecule has 43 heavy (non-hydrogen) atoms. The summed E-state index contributed by atoms with van der Waals surface area (Å²) in [5.74, 6) is 0. The number of nitrogens with zero attached hydrogens (tertiary/aromatic N) is 1. The van der Waals surface area contributed by atoms with Crippen molar-refractivity contribution < 1.29 is 0 Å². The van der Waals surface area contributed by atoms with Crippen molar-refractivity contribution in [3.05, 3.63) is 163 Å². The minimum atomic E-state index is -0.0845. The molecule has 0 bridgehead atoms. The fourth-order valence-corrected chi connectivity index (χ4v) is 7.77. The molecule has 0 radical (unpaired) electrons. The molecule has 0 fully saturated rings. The van der Waals surface area contributed by atoms with Gasteiger partial charge in [-0.05, 0) is 69.8 Å². The summed E-state index contributed by atoms with van der Waals surface area (Å²) in [5, 5.41) is 7.88. The molecule has 7 aromatic carbocycles. The van der Waals surface area contributed by atoms with Gasteiger partial charge in [-0.25, -0.2) is 0 Å². The standard InChI is InChI=1S/C41H31NS/c1-41(2,30-12-5-3-6-13-30)31-20-22-33(23-21-31)42(32-14-7-4-8-15-32)34-24-26-38-37(27-34)36-25-19-29-18-17-28-11-9-10-16-35(28)39(29)40(36)43-38/h3-27H,1-2H3. The van der Waals surface area contributed by atoms with E-state index in [0.717, 1.165) is 17.1 Å². The van der Waals surface area contributed by atoms with Crippen LogP contribution in [0.2, 0.25) is 0 Å². The third-order valence-corrected chi connectivity index (χ3v) is 10.1. The predicted octanol–water partition coefficient (Wildman–Crippen LogP) is 12.2. The number of thiophene rings is 1. The monoisotopic (exact) mass is 569 g/mol. The molecule has 0 aliphatic rings. The number of anilines is 3. The molecular weight excluding hydrogens is 539 g/mol. The van der Waals surface area contributed by atoms with Crippen LogP contribution in [-0.2, 0) is 5.41 Å². The van der Waals surface area contributed by atoms with Crippen molar-refractivity contribution in [1.82, 2.24) is 0 Å². The Morgan fingerprint density at radius 3 is 1.86 bits per heavy atom. The summed E-state index contributed by atoms with van der Waals surface area (Å²) in [6.45, 7) is 4.60. The number of hydrogen-bond donors (Lipinski definition) is 0. The summed E-state index contributed by atoms with van der Waals surface area (Å²) in [6, 6.07) is 55.3. The van der Waals surface area contributed by atoms with Crippen molar-refractivity contribution in [1.29, 1.82) is 0 Å². The van der Waals surface area contributed by atoms with Crippen LogP contribution in [0.25, 0.3) is 41.7 Å². The van der Waals surface area contributed by atoms with Crippen molar-refractivity contribution in [2.45, 2.75) is 19.3 Å². The summed E-state index contributed by atoms with van der Waals surface area (Å²) < 4.78 is 2.67. The minimum Gasteiger partial charge on any atom is -0.310 e. The van der Waals surface area contributed by atoms with Crippen molar-refractivity contribution in [3.63, 3.8) is 0 Å². The number of rotatable bonds is 5. The summed E-state index contributed by atoms with van der Waals surface area (Å²) in [5.41, 5.74) is 5.99. The smallest absolute Gasteiger partial charge is 0.0468 e. The second-order valence-corrected chi connectivity index (χ2v) is 12.9. The molecule has 1 aromatic heterocycles. The molecule has 0 saturated heterocycles. The van der Waals surface area contributed by atoms with Crippen LogP contribution in [0.15, 0.2) is 152 Å². The van der Waals surface area contributed by atoms with Crippen LogP contribution >= 0.6 is 11.3 Å². The maximum absolute atomic E-state index is 2.37. The molecule has 0 unspecified atom stereocenters. The molecule has 0 aliphatic carbocycles. The van der Waals surface area contributed by atoms with E-state index in [1.54, 1.807) is 0 Å². The first-order valence-corrected chi connectivity index (χ1v) is 15.7. The Bertz CT molecular complexity index is 2240. The van der Waals surface area contributed by atoms with Crippen molar-refractivity contribution >= 4 is 70.1 Å². The summed E-state index contributed by atoms with van der Waals surface area (Å²) in [7, 11) is 0. The van der Waals surface area contributed by atoms with Crippen molar-refractivity contribution in [3.8, 4) is 0 Å². The molecule has 8 rings (SSSR count). The van der Waals surface area contributed by atoms with Gasteiger partial charge in [0.1, 0.15) is 0 Å². The number of fused-ring (bicyclic) bond motifs is 7. The zero-order valence-corrected chi connectivity index (χ0v) is 25.1. The highest BCUT2D eigenvalue weighted by atomic mass is 32.1. The van der Waals surface area contributed by atoms with Crippen LogP contribution in [0.5, 0.6) is 0 Å². The molecule has 1 nitrogen and oxygen atoms in total. The van der Waals surface area contributed by atoms with Gasteiger partial charge in [0.25, 0.3) is 0 Å². The van der Waals surface area contributed by atoms with E-state index in [1.807, 2.05) is 11.3 Å². The lowest BCUT2D eigenvalue weighted by atomic mass is 9.78. The third kappa shape index (κ3) is 4.29. The lowest BCUT2D eigenvalue weighted by Crippen LogP contribution is -2.19. The second-order valence-electron chi connectivity index (χ2n) is 11.8. The molecule has 206 valence electrons. The number of para-hydroxylation sites is 1. The third-order valence-electron chi connectivity index (χ3n) is 8.94. The summed E-state index contributed by atoms with van der Waals surface area (Å²) in [6.07, 6.45) is 0. The Kier molecular flexibility index (Phi) is 6.06. The summed E-state index contributed by atoms with van der Waals surface area (Å²) >= 11 is 1.90. The van der Waals surface area contributed by atoms with Crippen LogP contribution in [0, 0.1) is 0 Å². The van der Waals surface area contributed by atoms with E-state index in [9.17, 15) is 0 Å². The fourth-order valence-electron chi connectivity index (χ4n) is 6.52. The van der Waals surface area contributed by atoms with Gasteiger partial charge >= 0.3 is 0 Å². The lowest BCUT2D eigenvalue weighted by molar-refractivity contribution is 0.641. The van der Waals surface area contributed by atoms with Gasteiger partial charge in [0.2, 0.25) is 0 Å². The lowest BCUT2D eigenvalue weighted by Gasteiger charge is -2.29. The van der Waals surface area contributed by atoms with E-state index in [2.05, 4.69) is 170 Å². The zero-order valence-electron chi connectivity index (χ0n) is 24.3. The summed E-state index contributed by atoms with van der Waals surface area (Å²) in [4.78, 5) is 2.37. The topological polar surface area (TPSA) is 3.24 Å². The van der Waals surface area contributed by atoms with E-state index >= 15 is 0 Å². The first kappa shape index (κ1) is 25.8. The SMILES string of the molecule is CC(C)(c1ccccc1)c1ccc(N(c2ccccc2)c2ccc3sc4c(ccc5ccc6ccccc6c54)c3c2)cc1. The fraction of sp³-hybridized carbons (Fsp3) is 0.0732. The first-order chi connectivity index (χ1) is 21.1. The highest BCUT2D eigenvalue weighted by Gasteiger charge is 2.23. The molecule has 1 heterocycles. The average molecular weight is 570 g/mol. The van der Waals surface area contributed by atoms with Crippen molar-refractivity contribution in [2.75, 3.05) is 4.90 Å². The van der Waals surface area contributed by atoms with E-state index in [0.29, 0.717) is 0 Å². The Hall–Kier alpha value is -4.92. The Morgan fingerprint density at radius 1 is 0.465 bits per heavy atom. The van der Waals surface area contributed by atoms with E-state index in [-0.39, 0.29) is 5.41 Å². The van der Waals surface area contributed by atoms with Gasteiger partial charge in [0.05, 0.1) is 0 Å². The maximum atomic E-state index is 2.37. The maximum Gasteiger partial charge on any atom is 0.0468 e. The van der Waals surface area contributed by atoms with E-state index < -0.39 is 0 Å². The molecule has 8 aromatic rings. The minimum absolute atomic E-state index is 0.0845.